The molecular weight excluding hydrogens is 456 g/mol. The molecule has 1 aromatic heterocycles. The van der Waals surface area contributed by atoms with Crippen LogP contribution in [0.5, 0.6) is 0 Å². The minimum absolute atomic E-state index is 0.0609. The molecule has 186 valence electrons. The molecule has 7 heteroatoms. The third-order valence-corrected chi connectivity index (χ3v) is 7.71. The SMILES string of the molecule is CCc1cccc(CC)c1NC(=O)CSc1nc2ccccc2n1CC(=O)N1C[C@H](C)C[C@@H](C)C1. The van der Waals surface area contributed by atoms with E-state index in [9.17, 15) is 9.59 Å². The zero-order valence-electron chi connectivity index (χ0n) is 21.2. The van der Waals surface area contributed by atoms with Crippen molar-refractivity contribution in [3.05, 3.63) is 53.6 Å². The molecule has 1 fully saturated rings. The van der Waals surface area contributed by atoms with E-state index in [0.29, 0.717) is 17.0 Å². The number of aromatic nitrogens is 2. The van der Waals surface area contributed by atoms with Crippen molar-refractivity contribution >= 4 is 40.3 Å². The fourth-order valence-electron chi connectivity index (χ4n) is 5.13. The van der Waals surface area contributed by atoms with Crippen LogP contribution < -0.4 is 5.32 Å². The van der Waals surface area contributed by atoms with Crippen molar-refractivity contribution in [2.24, 2.45) is 11.8 Å². The van der Waals surface area contributed by atoms with Crippen molar-refractivity contribution in [3.8, 4) is 0 Å². The first-order valence-electron chi connectivity index (χ1n) is 12.7. The minimum atomic E-state index is -0.0609. The molecule has 1 saturated heterocycles. The van der Waals surface area contributed by atoms with Gasteiger partial charge in [0.1, 0.15) is 6.54 Å². The normalized spacial score (nSPS) is 18.1. The zero-order chi connectivity index (χ0) is 24.9. The van der Waals surface area contributed by atoms with Gasteiger partial charge in [0.25, 0.3) is 0 Å². The summed E-state index contributed by atoms with van der Waals surface area (Å²) >= 11 is 1.39. The van der Waals surface area contributed by atoms with E-state index in [2.05, 4.69) is 45.1 Å². The van der Waals surface area contributed by atoms with E-state index in [1.165, 1.54) is 11.8 Å². The molecule has 4 rings (SSSR count). The van der Waals surface area contributed by atoms with Crippen LogP contribution in [0.2, 0.25) is 0 Å². The molecule has 0 saturated carbocycles. The van der Waals surface area contributed by atoms with Gasteiger partial charge in [-0.1, -0.05) is 69.8 Å². The summed E-state index contributed by atoms with van der Waals surface area (Å²) in [5, 5.41) is 3.84. The van der Waals surface area contributed by atoms with Crippen LogP contribution in [-0.4, -0.2) is 45.1 Å². The minimum Gasteiger partial charge on any atom is -0.341 e. The number of hydrogen-bond donors (Lipinski definition) is 1. The first-order valence-corrected chi connectivity index (χ1v) is 13.6. The summed E-state index contributed by atoms with van der Waals surface area (Å²) in [4.78, 5) is 33.0. The molecule has 3 aromatic rings. The van der Waals surface area contributed by atoms with Gasteiger partial charge in [-0.3, -0.25) is 9.59 Å². The predicted molar refractivity (Wildman–Crippen MR) is 144 cm³/mol. The summed E-state index contributed by atoms with van der Waals surface area (Å²) < 4.78 is 1.97. The lowest BCUT2D eigenvalue weighted by Crippen LogP contribution is -2.44. The summed E-state index contributed by atoms with van der Waals surface area (Å²) in [6.45, 7) is 10.5. The third-order valence-electron chi connectivity index (χ3n) is 6.73. The van der Waals surface area contributed by atoms with Gasteiger partial charge in [0, 0.05) is 18.8 Å². The maximum Gasteiger partial charge on any atom is 0.242 e. The number of likely N-dealkylation sites (tertiary alicyclic amines) is 1. The number of aryl methyl sites for hydroxylation is 2. The van der Waals surface area contributed by atoms with Crippen LogP contribution in [-0.2, 0) is 29.0 Å². The molecule has 0 spiro atoms. The number of nitrogens with one attached hydrogen (secondary N) is 1. The van der Waals surface area contributed by atoms with Gasteiger partial charge in [-0.05, 0) is 54.4 Å². The smallest absolute Gasteiger partial charge is 0.242 e. The van der Waals surface area contributed by atoms with E-state index in [1.807, 2.05) is 39.8 Å². The highest BCUT2D eigenvalue weighted by atomic mass is 32.2. The van der Waals surface area contributed by atoms with Crippen molar-refractivity contribution in [1.29, 1.82) is 0 Å². The number of fused-ring (bicyclic) bond motifs is 1. The lowest BCUT2D eigenvalue weighted by molar-refractivity contribution is -0.134. The quantitative estimate of drug-likeness (QED) is 0.428. The maximum atomic E-state index is 13.3. The first-order chi connectivity index (χ1) is 16.9. The number of anilines is 1. The lowest BCUT2D eigenvalue weighted by atomic mass is 9.92. The number of carbonyl (C=O) groups excluding carboxylic acids is 2. The highest BCUT2D eigenvalue weighted by Crippen LogP contribution is 2.27. The number of carbonyl (C=O) groups is 2. The van der Waals surface area contributed by atoms with E-state index in [-0.39, 0.29) is 24.1 Å². The van der Waals surface area contributed by atoms with Crippen LogP contribution in [0, 0.1) is 11.8 Å². The number of nitrogens with zero attached hydrogens (tertiary/aromatic N) is 3. The van der Waals surface area contributed by atoms with Gasteiger partial charge in [-0.2, -0.15) is 0 Å². The molecule has 1 N–H and O–H groups in total. The largest absolute Gasteiger partial charge is 0.341 e. The van der Waals surface area contributed by atoms with E-state index in [0.717, 1.165) is 60.2 Å². The lowest BCUT2D eigenvalue weighted by Gasteiger charge is -2.35. The molecule has 0 bridgehead atoms. The van der Waals surface area contributed by atoms with Gasteiger partial charge < -0.3 is 14.8 Å². The molecule has 0 aliphatic carbocycles. The van der Waals surface area contributed by atoms with Crippen LogP contribution in [0.25, 0.3) is 11.0 Å². The molecule has 0 radical (unpaired) electrons. The zero-order valence-corrected chi connectivity index (χ0v) is 22.0. The fourth-order valence-corrected chi connectivity index (χ4v) is 5.94. The molecule has 2 heterocycles. The van der Waals surface area contributed by atoms with Crippen molar-refractivity contribution < 1.29 is 9.59 Å². The average molecular weight is 493 g/mol. The predicted octanol–water partition coefficient (Wildman–Crippen LogP) is 5.40. The first kappa shape index (κ1) is 25.3. The highest BCUT2D eigenvalue weighted by Gasteiger charge is 2.26. The van der Waals surface area contributed by atoms with Crippen molar-refractivity contribution in [3.63, 3.8) is 0 Å². The standard InChI is InChI=1S/C28H36N4O2S/c1-5-21-10-9-11-22(6-2)27(21)30-25(33)18-35-28-29-23-12-7-8-13-24(23)32(28)17-26(34)31-15-19(3)14-20(4)16-31/h7-13,19-20H,5-6,14-18H2,1-4H3,(H,30,33)/t19-,20-/m1/s1. The van der Waals surface area contributed by atoms with Crippen molar-refractivity contribution in [2.75, 3.05) is 24.2 Å². The summed E-state index contributed by atoms with van der Waals surface area (Å²) in [5.74, 6) is 1.31. The second-order valence-electron chi connectivity index (χ2n) is 9.71. The Bertz CT molecular complexity index is 1170. The van der Waals surface area contributed by atoms with E-state index in [1.54, 1.807) is 0 Å². The number of amides is 2. The Hall–Kier alpha value is -2.80. The number of piperidine rings is 1. The number of hydrogen-bond acceptors (Lipinski definition) is 4. The molecule has 0 unspecified atom stereocenters. The number of imidazole rings is 1. The topological polar surface area (TPSA) is 67.2 Å². The molecule has 35 heavy (non-hydrogen) atoms. The van der Waals surface area contributed by atoms with Crippen LogP contribution in [0.15, 0.2) is 47.6 Å². The van der Waals surface area contributed by atoms with E-state index in [4.69, 9.17) is 4.98 Å². The maximum absolute atomic E-state index is 13.3. The fraction of sp³-hybridized carbons (Fsp3) is 0.464. The molecule has 2 atom stereocenters. The molecule has 2 aromatic carbocycles. The van der Waals surface area contributed by atoms with Gasteiger partial charge in [0.2, 0.25) is 11.8 Å². The van der Waals surface area contributed by atoms with Crippen molar-refractivity contribution in [1.82, 2.24) is 14.5 Å². The molecule has 1 aliphatic rings. The Labute approximate surface area is 212 Å². The number of thioether (sulfide) groups is 1. The van der Waals surface area contributed by atoms with Crippen LogP contribution in [0.3, 0.4) is 0 Å². The summed E-state index contributed by atoms with van der Waals surface area (Å²) in [6.07, 6.45) is 2.89. The molecule has 1 aliphatic heterocycles. The second-order valence-corrected chi connectivity index (χ2v) is 10.7. The van der Waals surface area contributed by atoms with E-state index >= 15 is 0 Å². The summed E-state index contributed by atoms with van der Waals surface area (Å²) in [5.41, 5.74) is 4.98. The average Bonchev–Trinajstić information content (AvgIpc) is 3.19. The Morgan fingerprint density at radius 2 is 1.66 bits per heavy atom. The summed E-state index contributed by atoms with van der Waals surface area (Å²) in [6, 6.07) is 14.0. The number of para-hydroxylation sites is 3. The van der Waals surface area contributed by atoms with Gasteiger partial charge in [-0.25, -0.2) is 4.98 Å². The Morgan fingerprint density at radius 1 is 1.00 bits per heavy atom. The van der Waals surface area contributed by atoms with Crippen molar-refractivity contribution in [2.45, 2.75) is 58.7 Å². The van der Waals surface area contributed by atoms with Crippen LogP contribution in [0.4, 0.5) is 5.69 Å². The van der Waals surface area contributed by atoms with Crippen LogP contribution in [0.1, 0.15) is 45.2 Å². The highest BCUT2D eigenvalue weighted by molar-refractivity contribution is 7.99. The molecular formula is C28H36N4O2S. The monoisotopic (exact) mass is 492 g/mol. The number of benzene rings is 2. The van der Waals surface area contributed by atoms with Gasteiger partial charge in [0.15, 0.2) is 5.16 Å². The molecule has 6 nitrogen and oxygen atoms in total. The van der Waals surface area contributed by atoms with Gasteiger partial charge >= 0.3 is 0 Å². The van der Waals surface area contributed by atoms with Gasteiger partial charge in [-0.15, -0.1) is 0 Å². The van der Waals surface area contributed by atoms with E-state index < -0.39 is 0 Å². The Kier molecular flexibility index (Phi) is 8.16. The Morgan fingerprint density at radius 3 is 2.31 bits per heavy atom. The third kappa shape index (κ3) is 5.89. The Balaban J connectivity index is 1.51. The molecule has 2 amide bonds. The second kappa shape index (κ2) is 11.3. The van der Waals surface area contributed by atoms with Gasteiger partial charge in [0.05, 0.1) is 16.8 Å². The van der Waals surface area contributed by atoms with Crippen LogP contribution >= 0.6 is 11.8 Å². The number of rotatable bonds is 8. The summed E-state index contributed by atoms with van der Waals surface area (Å²) in [7, 11) is 0.